The zero-order valence-corrected chi connectivity index (χ0v) is 13.3. The zero-order valence-electron chi connectivity index (χ0n) is 12.5. The number of carbonyl (C=O) groups is 2. The number of amides is 1. The van der Waals surface area contributed by atoms with Gasteiger partial charge in [0.05, 0.1) is 10.7 Å². The fourth-order valence-corrected chi connectivity index (χ4v) is 2.41. The van der Waals surface area contributed by atoms with Crippen LogP contribution in [0.3, 0.4) is 0 Å². The van der Waals surface area contributed by atoms with Gasteiger partial charge < -0.3 is 10.1 Å². The van der Waals surface area contributed by atoms with Crippen LogP contribution in [0, 0.1) is 10.1 Å². The van der Waals surface area contributed by atoms with E-state index in [4.69, 9.17) is 4.74 Å². The number of anilines is 1. The highest BCUT2D eigenvalue weighted by Crippen LogP contribution is 2.21. The van der Waals surface area contributed by atoms with Crippen LogP contribution in [0.2, 0.25) is 0 Å². The number of nitrogens with zero attached hydrogens (tertiary/aromatic N) is 1. The summed E-state index contributed by atoms with van der Waals surface area (Å²) in [5.74, 6) is -0.951. The van der Waals surface area contributed by atoms with E-state index in [0.29, 0.717) is 10.6 Å². The molecule has 124 valence electrons. The van der Waals surface area contributed by atoms with Gasteiger partial charge in [0.2, 0.25) is 0 Å². The largest absolute Gasteiger partial charge is 0.455 e. The van der Waals surface area contributed by atoms with Crippen molar-refractivity contribution in [2.24, 2.45) is 0 Å². The number of esters is 1. The minimum atomic E-state index is -0.540. The summed E-state index contributed by atoms with van der Waals surface area (Å²) in [7, 11) is 0. The van der Waals surface area contributed by atoms with Gasteiger partial charge >= 0.3 is 5.97 Å². The molecule has 24 heavy (non-hydrogen) atoms. The molecule has 0 saturated heterocycles. The van der Waals surface area contributed by atoms with Crippen LogP contribution in [0.4, 0.5) is 11.4 Å². The van der Waals surface area contributed by atoms with Crippen LogP contribution < -0.4 is 5.32 Å². The second kappa shape index (κ2) is 8.68. The molecule has 0 unspecified atom stereocenters. The maximum Gasteiger partial charge on any atom is 0.316 e. The van der Waals surface area contributed by atoms with E-state index in [9.17, 15) is 19.7 Å². The van der Waals surface area contributed by atoms with Gasteiger partial charge in [-0.15, -0.1) is 11.8 Å². The summed E-state index contributed by atoms with van der Waals surface area (Å²) in [6.07, 6.45) is 0. The van der Waals surface area contributed by atoms with Crippen molar-refractivity contribution in [2.75, 3.05) is 17.7 Å². The fourth-order valence-electron chi connectivity index (χ4n) is 1.71. The average molecular weight is 346 g/mol. The minimum Gasteiger partial charge on any atom is -0.455 e. The minimum absolute atomic E-state index is 0.0103. The molecule has 1 N–H and O–H groups in total. The lowest BCUT2D eigenvalue weighted by atomic mass is 10.3. The molecule has 0 fully saturated rings. The monoisotopic (exact) mass is 346 g/mol. The molecule has 0 spiro atoms. The zero-order chi connectivity index (χ0) is 17.4. The van der Waals surface area contributed by atoms with E-state index in [1.165, 1.54) is 23.9 Å². The number of carbonyl (C=O) groups excluding carboxylic acids is 2. The number of nitro groups is 1. The quantitative estimate of drug-likeness (QED) is 0.358. The van der Waals surface area contributed by atoms with Gasteiger partial charge in [-0.1, -0.05) is 18.2 Å². The average Bonchev–Trinajstić information content (AvgIpc) is 2.59. The third-order valence-electron chi connectivity index (χ3n) is 2.83. The summed E-state index contributed by atoms with van der Waals surface area (Å²) in [6.45, 7) is -0.367. The van der Waals surface area contributed by atoms with Crippen molar-refractivity contribution in [1.82, 2.24) is 0 Å². The standard InChI is InChI=1S/C16H14N2O5S/c19-15(17-12-4-2-1-3-5-12)10-23-16(20)11-24-14-8-6-13(7-9-14)18(21)22/h1-9H,10-11H2,(H,17,19). The number of nitro benzene ring substituents is 1. The Labute approximate surface area is 142 Å². The first-order chi connectivity index (χ1) is 11.5. The summed E-state index contributed by atoms with van der Waals surface area (Å²) in [4.78, 5) is 34.0. The van der Waals surface area contributed by atoms with Gasteiger partial charge in [0.25, 0.3) is 11.6 Å². The molecule has 0 radical (unpaired) electrons. The molecule has 8 heteroatoms. The Morgan fingerprint density at radius 3 is 2.38 bits per heavy atom. The molecular weight excluding hydrogens is 332 g/mol. The van der Waals surface area contributed by atoms with E-state index >= 15 is 0 Å². The molecule has 0 saturated carbocycles. The second-order valence-corrected chi connectivity index (χ2v) is 5.66. The van der Waals surface area contributed by atoms with E-state index in [0.717, 1.165) is 0 Å². The molecule has 0 aliphatic rings. The number of rotatable bonds is 7. The van der Waals surface area contributed by atoms with Crippen molar-refractivity contribution < 1.29 is 19.2 Å². The van der Waals surface area contributed by atoms with Crippen LogP contribution in [0.15, 0.2) is 59.5 Å². The van der Waals surface area contributed by atoms with Gasteiger partial charge in [-0.2, -0.15) is 0 Å². The van der Waals surface area contributed by atoms with Crippen LogP contribution in [-0.2, 0) is 14.3 Å². The van der Waals surface area contributed by atoms with Gasteiger partial charge in [-0.05, 0) is 24.3 Å². The molecule has 0 atom stereocenters. The Balaban J connectivity index is 1.71. The van der Waals surface area contributed by atoms with Crippen molar-refractivity contribution in [1.29, 1.82) is 0 Å². The molecule has 0 aliphatic carbocycles. The maximum atomic E-state index is 11.6. The van der Waals surface area contributed by atoms with Crippen LogP contribution in [0.25, 0.3) is 0 Å². The molecule has 2 rings (SSSR count). The summed E-state index contributed by atoms with van der Waals surface area (Å²) in [6, 6.07) is 14.7. The molecule has 0 aliphatic heterocycles. The molecule has 1 amide bonds. The topological polar surface area (TPSA) is 98.5 Å². The number of hydrogen-bond donors (Lipinski definition) is 1. The number of thioether (sulfide) groups is 1. The Morgan fingerprint density at radius 1 is 1.08 bits per heavy atom. The summed E-state index contributed by atoms with van der Waals surface area (Å²) >= 11 is 1.18. The van der Waals surface area contributed by atoms with Crippen LogP contribution >= 0.6 is 11.8 Å². The van der Waals surface area contributed by atoms with Crippen LogP contribution in [0.5, 0.6) is 0 Å². The number of hydrogen-bond acceptors (Lipinski definition) is 6. The van der Waals surface area contributed by atoms with Crippen molar-refractivity contribution in [3.63, 3.8) is 0 Å². The van der Waals surface area contributed by atoms with Crippen molar-refractivity contribution in [2.45, 2.75) is 4.90 Å². The Bertz CT molecular complexity index is 719. The molecule has 0 bridgehead atoms. The summed E-state index contributed by atoms with van der Waals surface area (Å²) in [5, 5.41) is 13.1. The number of benzene rings is 2. The predicted molar refractivity (Wildman–Crippen MR) is 89.9 cm³/mol. The highest BCUT2D eigenvalue weighted by atomic mass is 32.2. The second-order valence-electron chi connectivity index (χ2n) is 4.61. The van der Waals surface area contributed by atoms with E-state index in [-0.39, 0.29) is 18.0 Å². The molecule has 2 aromatic rings. The first-order valence-electron chi connectivity index (χ1n) is 6.92. The lowest BCUT2D eigenvalue weighted by Gasteiger charge is -2.06. The van der Waals surface area contributed by atoms with Crippen molar-refractivity contribution in [3.05, 3.63) is 64.7 Å². The van der Waals surface area contributed by atoms with Gasteiger partial charge in [0.1, 0.15) is 0 Å². The van der Waals surface area contributed by atoms with E-state index in [2.05, 4.69) is 5.32 Å². The Hall–Kier alpha value is -2.87. The Kier molecular flexibility index (Phi) is 6.32. The highest BCUT2D eigenvalue weighted by Gasteiger charge is 2.10. The first-order valence-corrected chi connectivity index (χ1v) is 7.91. The predicted octanol–water partition coefficient (Wildman–Crippen LogP) is 2.87. The molecule has 0 aromatic heterocycles. The third-order valence-corrected chi connectivity index (χ3v) is 3.81. The molecule has 0 heterocycles. The van der Waals surface area contributed by atoms with Gasteiger partial charge in [0, 0.05) is 22.7 Å². The number of nitrogens with one attached hydrogen (secondary N) is 1. The SMILES string of the molecule is O=C(COC(=O)CSc1ccc([N+](=O)[O-])cc1)Nc1ccccc1. The maximum absolute atomic E-state index is 11.6. The lowest BCUT2D eigenvalue weighted by molar-refractivity contribution is -0.384. The smallest absolute Gasteiger partial charge is 0.316 e. The summed E-state index contributed by atoms with van der Waals surface area (Å²) < 4.78 is 4.88. The van der Waals surface area contributed by atoms with Crippen LogP contribution in [-0.4, -0.2) is 29.2 Å². The normalized spacial score (nSPS) is 10.0. The van der Waals surface area contributed by atoms with Gasteiger partial charge in [0.15, 0.2) is 6.61 Å². The molecule has 7 nitrogen and oxygen atoms in total. The molecular formula is C16H14N2O5S. The van der Waals surface area contributed by atoms with Crippen molar-refractivity contribution >= 4 is 35.0 Å². The first kappa shape index (κ1) is 17.5. The fraction of sp³-hybridized carbons (Fsp3) is 0.125. The Morgan fingerprint density at radius 2 is 1.75 bits per heavy atom. The van der Waals surface area contributed by atoms with E-state index in [1.807, 2.05) is 6.07 Å². The van der Waals surface area contributed by atoms with E-state index < -0.39 is 16.8 Å². The van der Waals surface area contributed by atoms with Gasteiger partial charge in [-0.3, -0.25) is 19.7 Å². The lowest BCUT2D eigenvalue weighted by Crippen LogP contribution is -2.21. The highest BCUT2D eigenvalue weighted by molar-refractivity contribution is 8.00. The van der Waals surface area contributed by atoms with Crippen molar-refractivity contribution in [3.8, 4) is 0 Å². The summed E-state index contributed by atoms with van der Waals surface area (Å²) in [5.41, 5.74) is 0.610. The molecule has 2 aromatic carbocycles. The third kappa shape index (κ3) is 5.73. The number of ether oxygens (including phenoxy) is 1. The van der Waals surface area contributed by atoms with Crippen LogP contribution in [0.1, 0.15) is 0 Å². The van der Waals surface area contributed by atoms with E-state index in [1.54, 1.807) is 36.4 Å². The number of non-ortho nitro benzene ring substituents is 1. The van der Waals surface area contributed by atoms with Gasteiger partial charge in [-0.25, -0.2) is 0 Å². The number of para-hydroxylation sites is 1.